The lowest BCUT2D eigenvalue weighted by Crippen LogP contribution is -1.99. The van der Waals surface area contributed by atoms with Crippen LogP contribution in [-0.4, -0.2) is 0 Å². The molecule has 0 saturated heterocycles. The Balaban J connectivity index is 2.16. The van der Waals surface area contributed by atoms with Crippen LogP contribution >= 0.6 is 39.1 Å². The monoisotopic (exact) mass is 363 g/mol. The van der Waals surface area contributed by atoms with Gasteiger partial charge in [-0.1, -0.05) is 39.1 Å². The smallest absolute Gasteiger partial charge is 0.144 e. The average Bonchev–Trinajstić information content (AvgIpc) is 2.31. The molecule has 0 fully saturated rings. The molecule has 100 valence electrons. The summed E-state index contributed by atoms with van der Waals surface area (Å²) >= 11 is 14.9. The van der Waals surface area contributed by atoms with E-state index in [1.165, 1.54) is 24.3 Å². The van der Waals surface area contributed by atoms with Gasteiger partial charge in [0.2, 0.25) is 0 Å². The highest BCUT2D eigenvalue weighted by Crippen LogP contribution is 2.32. The number of hydrogen-bond acceptors (Lipinski definition) is 2. The second kappa shape index (κ2) is 5.99. The molecular formula is C13H9BrCl2FNO. The van der Waals surface area contributed by atoms with E-state index in [0.29, 0.717) is 31.5 Å². The van der Waals surface area contributed by atoms with Crippen LogP contribution in [0.3, 0.4) is 0 Å². The van der Waals surface area contributed by atoms with E-state index in [9.17, 15) is 4.39 Å². The van der Waals surface area contributed by atoms with E-state index in [2.05, 4.69) is 15.9 Å². The number of ether oxygens (including phenoxy) is 1. The minimum atomic E-state index is -0.338. The zero-order valence-electron chi connectivity index (χ0n) is 9.59. The first-order chi connectivity index (χ1) is 8.95. The van der Waals surface area contributed by atoms with Crippen LogP contribution in [0.2, 0.25) is 10.0 Å². The summed E-state index contributed by atoms with van der Waals surface area (Å²) in [6, 6.07) is 7.57. The second-order valence-electron chi connectivity index (χ2n) is 3.87. The standard InChI is InChI=1S/C13H9BrCl2FNO/c14-8-1-7(2-9(17)3-8)6-19-13-5-11(16)10(15)4-12(13)18/h1-5H,6,18H2. The van der Waals surface area contributed by atoms with Gasteiger partial charge in [0.1, 0.15) is 18.2 Å². The van der Waals surface area contributed by atoms with Gasteiger partial charge < -0.3 is 10.5 Å². The number of anilines is 1. The van der Waals surface area contributed by atoms with Crippen molar-refractivity contribution < 1.29 is 9.13 Å². The van der Waals surface area contributed by atoms with Gasteiger partial charge in [0.25, 0.3) is 0 Å². The molecule has 0 aliphatic rings. The van der Waals surface area contributed by atoms with Crippen LogP contribution in [-0.2, 0) is 6.61 Å². The number of benzene rings is 2. The summed E-state index contributed by atoms with van der Waals surface area (Å²) in [5.41, 5.74) is 6.82. The Bertz CT molecular complexity index is 602. The molecule has 2 aromatic rings. The lowest BCUT2D eigenvalue weighted by Gasteiger charge is -2.10. The zero-order valence-corrected chi connectivity index (χ0v) is 12.7. The van der Waals surface area contributed by atoms with E-state index in [1.807, 2.05) is 0 Å². The van der Waals surface area contributed by atoms with Crippen molar-refractivity contribution in [3.63, 3.8) is 0 Å². The normalized spacial score (nSPS) is 10.5. The third-order valence-electron chi connectivity index (χ3n) is 2.37. The Labute approximate surface area is 128 Å². The molecule has 0 bridgehead atoms. The Morgan fingerprint density at radius 2 is 1.79 bits per heavy atom. The highest BCUT2D eigenvalue weighted by molar-refractivity contribution is 9.10. The number of nitrogen functional groups attached to an aromatic ring is 1. The lowest BCUT2D eigenvalue weighted by molar-refractivity contribution is 0.307. The van der Waals surface area contributed by atoms with Crippen LogP contribution in [0.1, 0.15) is 5.56 Å². The number of hydrogen-bond donors (Lipinski definition) is 1. The van der Waals surface area contributed by atoms with E-state index in [1.54, 1.807) is 6.07 Å². The Morgan fingerprint density at radius 3 is 2.47 bits per heavy atom. The molecule has 0 amide bonds. The maximum atomic E-state index is 13.2. The van der Waals surface area contributed by atoms with Crippen molar-refractivity contribution in [2.45, 2.75) is 6.61 Å². The van der Waals surface area contributed by atoms with Gasteiger partial charge in [-0.25, -0.2) is 4.39 Å². The second-order valence-corrected chi connectivity index (χ2v) is 5.60. The molecule has 2 aromatic carbocycles. The topological polar surface area (TPSA) is 35.2 Å². The van der Waals surface area contributed by atoms with E-state index < -0.39 is 0 Å². The molecule has 2 nitrogen and oxygen atoms in total. The maximum Gasteiger partial charge on any atom is 0.144 e. The SMILES string of the molecule is Nc1cc(Cl)c(Cl)cc1OCc1cc(F)cc(Br)c1. The van der Waals surface area contributed by atoms with Crippen LogP contribution in [0, 0.1) is 5.82 Å². The molecule has 0 spiro atoms. The van der Waals surface area contributed by atoms with Crippen LogP contribution in [0.15, 0.2) is 34.8 Å². The molecule has 0 atom stereocenters. The van der Waals surface area contributed by atoms with E-state index in [-0.39, 0.29) is 12.4 Å². The van der Waals surface area contributed by atoms with Gasteiger partial charge in [-0.15, -0.1) is 0 Å². The Hall–Kier alpha value is -0.970. The molecule has 0 unspecified atom stereocenters. The molecule has 2 N–H and O–H groups in total. The van der Waals surface area contributed by atoms with Crippen LogP contribution in [0.4, 0.5) is 10.1 Å². The Kier molecular flexibility index (Phi) is 4.55. The van der Waals surface area contributed by atoms with Crippen molar-refractivity contribution in [1.29, 1.82) is 0 Å². The minimum Gasteiger partial charge on any atom is -0.487 e. The predicted molar refractivity (Wildman–Crippen MR) is 79.3 cm³/mol. The average molecular weight is 365 g/mol. The molecule has 0 radical (unpaired) electrons. The first kappa shape index (κ1) is 14.4. The van der Waals surface area contributed by atoms with Gasteiger partial charge in [-0.3, -0.25) is 0 Å². The fraction of sp³-hybridized carbons (Fsp3) is 0.0769. The van der Waals surface area contributed by atoms with Gasteiger partial charge in [0.05, 0.1) is 15.7 Å². The molecule has 0 aliphatic carbocycles. The van der Waals surface area contributed by atoms with Crippen LogP contribution in [0.5, 0.6) is 5.75 Å². The molecule has 19 heavy (non-hydrogen) atoms. The summed E-state index contributed by atoms with van der Waals surface area (Å²) in [4.78, 5) is 0. The largest absolute Gasteiger partial charge is 0.487 e. The van der Waals surface area contributed by atoms with Crippen molar-refractivity contribution in [2.75, 3.05) is 5.73 Å². The van der Waals surface area contributed by atoms with Crippen molar-refractivity contribution in [1.82, 2.24) is 0 Å². The molecule has 6 heteroatoms. The minimum absolute atomic E-state index is 0.179. The fourth-order valence-electron chi connectivity index (χ4n) is 1.52. The van der Waals surface area contributed by atoms with E-state index >= 15 is 0 Å². The van der Waals surface area contributed by atoms with Crippen molar-refractivity contribution >= 4 is 44.8 Å². The Morgan fingerprint density at radius 1 is 1.11 bits per heavy atom. The highest BCUT2D eigenvalue weighted by atomic mass is 79.9. The molecule has 0 aromatic heterocycles. The van der Waals surface area contributed by atoms with Crippen LogP contribution in [0.25, 0.3) is 0 Å². The third kappa shape index (κ3) is 3.75. The van der Waals surface area contributed by atoms with Crippen molar-refractivity contribution in [3.05, 3.63) is 56.2 Å². The zero-order chi connectivity index (χ0) is 14.0. The summed E-state index contributed by atoms with van der Waals surface area (Å²) in [5, 5.41) is 0.714. The maximum absolute atomic E-state index is 13.2. The van der Waals surface area contributed by atoms with Gasteiger partial charge in [0, 0.05) is 10.5 Å². The summed E-state index contributed by atoms with van der Waals surface area (Å²) in [6.07, 6.45) is 0. The first-order valence-electron chi connectivity index (χ1n) is 5.28. The first-order valence-corrected chi connectivity index (χ1v) is 6.83. The van der Waals surface area contributed by atoms with Crippen molar-refractivity contribution in [3.8, 4) is 5.75 Å². The van der Waals surface area contributed by atoms with Gasteiger partial charge in [0.15, 0.2) is 0 Å². The summed E-state index contributed by atoms with van der Waals surface area (Å²) < 4.78 is 19.4. The molecule has 0 heterocycles. The number of rotatable bonds is 3. The van der Waals surface area contributed by atoms with Gasteiger partial charge >= 0.3 is 0 Å². The predicted octanol–water partition coefficient (Wildman–Crippen LogP) is 5.06. The quantitative estimate of drug-likeness (QED) is 0.773. The van der Waals surface area contributed by atoms with Crippen molar-refractivity contribution in [2.24, 2.45) is 0 Å². The van der Waals surface area contributed by atoms with E-state index in [0.717, 1.165) is 0 Å². The molecule has 0 saturated carbocycles. The number of nitrogens with two attached hydrogens (primary N) is 1. The van der Waals surface area contributed by atoms with Gasteiger partial charge in [-0.2, -0.15) is 0 Å². The molecule has 0 aliphatic heterocycles. The summed E-state index contributed by atoms with van der Waals surface area (Å²) in [5.74, 6) is 0.0740. The van der Waals surface area contributed by atoms with Crippen LogP contribution < -0.4 is 10.5 Å². The summed E-state index contributed by atoms with van der Waals surface area (Å²) in [7, 11) is 0. The molecular weight excluding hydrogens is 356 g/mol. The molecule has 2 rings (SSSR count). The summed E-state index contributed by atoms with van der Waals surface area (Å²) in [6.45, 7) is 0.179. The van der Waals surface area contributed by atoms with Gasteiger partial charge in [-0.05, 0) is 29.8 Å². The highest BCUT2D eigenvalue weighted by Gasteiger charge is 2.07. The lowest BCUT2D eigenvalue weighted by atomic mass is 10.2. The number of halogens is 4. The van der Waals surface area contributed by atoms with E-state index in [4.69, 9.17) is 33.7 Å². The fourth-order valence-corrected chi connectivity index (χ4v) is 2.36. The third-order valence-corrected chi connectivity index (χ3v) is 3.55.